The Morgan fingerprint density at radius 3 is 2.54 bits per heavy atom. The summed E-state index contributed by atoms with van der Waals surface area (Å²) in [5.41, 5.74) is 3.58. The SMILES string of the molecule is CCOc1ccccc1N1CCN(C(=O)c2coc(CSc3nnc(C)n3-c3ccc(C)cc3)n2)CC1. The lowest BCUT2D eigenvalue weighted by molar-refractivity contribution is 0.0740. The molecule has 0 saturated carbocycles. The Morgan fingerprint density at radius 2 is 1.78 bits per heavy atom. The van der Waals surface area contributed by atoms with Gasteiger partial charge in [0.25, 0.3) is 5.91 Å². The van der Waals surface area contributed by atoms with E-state index >= 15 is 0 Å². The number of ether oxygens (including phenoxy) is 1. The number of piperazine rings is 1. The standard InChI is InChI=1S/C27H30N6O3S/c1-4-35-24-8-6-5-7-23(24)31-13-15-32(16-14-31)26(34)22-17-36-25(28-22)18-37-27-30-29-20(3)33(27)21-11-9-19(2)10-12-21/h5-12,17H,4,13-16,18H2,1-3H3. The van der Waals surface area contributed by atoms with Crippen LogP contribution in [0.3, 0.4) is 0 Å². The Kier molecular flexibility index (Phi) is 7.45. The van der Waals surface area contributed by atoms with E-state index in [1.165, 1.54) is 23.6 Å². The van der Waals surface area contributed by atoms with Gasteiger partial charge in [0, 0.05) is 31.9 Å². The van der Waals surface area contributed by atoms with Crippen molar-refractivity contribution in [2.45, 2.75) is 31.7 Å². The van der Waals surface area contributed by atoms with Crippen LogP contribution in [0.5, 0.6) is 5.75 Å². The molecular formula is C27H30N6O3S. The lowest BCUT2D eigenvalue weighted by Gasteiger charge is -2.36. The van der Waals surface area contributed by atoms with Gasteiger partial charge in [0.2, 0.25) is 5.89 Å². The molecule has 37 heavy (non-hydrogen) atoms. The molecule has 0 aliphatic carbocycles. The minimum absolute atomic E-state index is 0.114. The van der Waals surface area contributed by atoms with E-state index in [0.29, 0.717) is 37.0 Å². The molecule has 9 nitrogen and oxygen atoms in total. The van der Waals surface area contributed by atoms with E-state index in [9.17, 15) is 4.79 Å². The third kappa shape index (κ3) is 5.48. The molecule has 2 aromatic heterocycles. The number of aryl methyl sites for hydroxylation is 2. The number of thioether (sulfide) groups is 1. The van der Waals surface area contributed by atoms with Gasteiger partial charge in [-0.15, -0.1) is 10.2 Å². The van der Waals surface area contributed by atoms with Crippen molar-refractivity contribution in [2.24, 2.45) is 0 Å². The lowest BCUT2D eigenvalue weighted by atomic mass is 10.2. The van der Waals surface area contributed by atoms with Gasteiger partial charge in [0.15, 0.2) is 10.9 Å². The zero-order valence-electron chi connectivity index (χ0n) is 21.3. The van der Waals surface area contributed by atoms with Gasteiger partial charge in [-0.05, 0) is 45.0 Å². The summed E-state index contributed by atoms with van der Waals surface area (Å²) in [5, 5.41) is 9.29. The van der Waals surface area contributed by atoms with Crippen molar-refractivity contribution >= 4 is 23.4 Å². The molecule has 0 bridgehead atoms. The normalized spacial score (nSPS) is 13.7. The molecule has 5 rings (SSSR count). The molecule has 2 aromatic carbocycles. The number of carbonyl (C=O) groups excluding carboxylic acids is 1. The first-order valence-corrected chi connectivity index (χ1v) is 13.3. The summed E-state index contributed by atoms with van der Waals surface area (Å²) in [7, 11) is 0. The molecule has 10 heteroatoms. The molecule has 1 aliphatic rings. The van der Waals surface area contributed by atoms with Gasteiger partial charge in [-0.25, -0.2) is 4.98 Å². The van der Waals surface area contributed by atoms with E-state index in [1.54, 1.807) is 0 Å². The number of nitrogens with zero attached hydrogens (tertiary/aromatic N) is 6. The number of hydrogen-bond donors (Lipinski definition) is 0. The van der Waals surface area contributed by atoms with Gasteiger partial charge in [-0.1, -0.05) is 41.6 Å². The molecule has 1 aliphatic heterocycles. The van der Waals surface area contributed by atoms with E-state index in [0.717, 1.165) is 41.2 Å². The summed E-state index contributed by atoms with van der Waals surface area (Å²) < 4.78 is 13.4. The summed E-state index contributed by atoms with van der Waals surface area (Å²) in [6, 6.07) is 16.2. The molecule has 4 aromatic rings. The smallest absolute Gasteiger partial charge is 0.275 e. The van der Waals surface area contributed by atoms with E-state index in [-0.39, 0.29) is 5.91 Å². The first-order chi connectivity index (χ1) is 18.0. The van der Waals surface area contributed by atoms with Gasteiger partial charge < -0.3 is 19.0 Å². The second kappa shape index (κ2) is 11.1. The zero-order chi connectivity index (χ0) is 25.8. The number of para-hydroxylation sites is 2. The fraction of sp³-hybridized carbons (Fsp3) is 0.333. The zero-order valence-corrected chi connectivity index (χ0v) is 22.1. The van der Waals surface area contributed by atoms with Crippen molar-refractivity contribution in [3.63, 3.8) is 0 Å². The maximum absolute atomic E-state index is 13.1. The first-order valence-electron chi connectivity index (χ1n) is 12.4. The maximum Gasteiger partial charge on any atom is 0.275 e. The molecule has 0 spiro atoms. The van der Waals surface area contributed by atoms with Crippen LogP contribution >= 0.6 is 11.8 Å². The highest BCUT2D eigenvalue weighted by atomic mass is 32.2. The van der Waals surface area contributed by atoms with E-state index < -0.39 is 0 Å². The van der Waals surface area contributed by atoms with Gasteiger partial charge >= 0.3 is 0 Å². The van der Waals surface area contributed by atoms with Crippen molar-refractivity contribution in [2.75, 3.05) is 37.7 Å². The van der Waals surface area contributed by atoms with Crippen LogP contribution in [0.1, 0.15) is 34.7 Å². The highest BCUT2D eigenvalue weighted by molar-refractivity contribution is 7.98. The van der Waals surface area contributed by atoms with Crippen LogP contribution in [-0.4, -0.2) is 63.3 Å². The quantitative estimate of drug-likeness (QED) is 0.315. The number of rotatable bonds is 8. The molecule has 1 amide bonds. The van der Waals surface area contributed by atoms with Crippen molar-refractivity contribution in [3.8, 4) is 11.4 Å². The third-order valence-corrected chi connectivity index (χ3v) is 7.17. The second-order valence-corrected chi connectivity index (χ2v) is 9.74. The number of amides is 1. The molecule has 0 atom stereocenters. The fourth-order valence-electron chi connectivity index (χ4n) is 4.34. The summed E-state index contributed by atoms with van der Waals surface area (Å²) in [5.74, 6) is 2.49. The Morgan fingerprint density at radius 1 is 1.03 bits per heavy atom. The van der Waals surface area contributed by atoms with Crippen LogP contribution in [0.25, 0.3) is 5.69 Å². The number of oxazole rings is 1. The highest BCUT2D eigenvalue weighted by Crippen LogP contribution is 2.29. The number of aromatic nitrogens is 4. The van der Waals surface area contributed by atoms with Crippen LogP contribution < -0.4 is 9.64 Å². The molecule has 1 fully saturated rings. The first kappa shape index (κ1) is 24.9. The molecular weight excluding hydrogens is 488 g/mol. The van der Waals surface area contributed by atoms with E-state index in [2.05, 4.69) is 45.2 Å². The predicted molar refractivity (Wildman–Crippen MR) is 143 cm³/mol. The van der Waals surface area contributed by atoms with E-state index in [4.69, 9.17) is 9.15 Å². The van der Waals surface area contributed by atoms with Gasteiger partial charge in [0.05, 0.1) is 18.0 Å². The van der Waals surface area contributed by atoms with Crippen LogP contribution in [0, 0.1) is 13.8 Å². The van der Waals surface area contributed by atoms with Crippen LogP contribution in [0.4, 0.5) is 5.69 Å². The molecule has 1 saturated heterocycles. The van der Waals surface area contributed by atoms with Crippen molar-refractivity contribution in [3.05, 3.63) is 77.8 Å². The minimum atomic E-state index is -0.114. The topological polar surface area (TPSA) is 89.5 Å². The summed E-state index contributed by atoms with van der Waals surface area (Å²) >= 11 is 1.47. The van der Waals surface area contributed by atoms with E-state index in [1.807, 2.05) is 53.6 Å². The van der Waals surface area contributed by atoms with Gasteiger partial charge in [-0.3, -0.25) is 9.36 Å². The Bertz CT molecular complexity index is 1360. The number of benzene rings is 2. The minimum Gasteiger partial charge on any atom is -0.492 e. The molecule has 3 heterocycles. The van der Waals surface area contributed by atoms with Gasteiger partial charge in [0.1, 0.15) is 17.8 Å². The largest absolute Gasteiger partial charge is 0.492 e. The number of anilines is 1. The fourth-order valence-corrected chi connectivity index (χ4v) is 5.19. The lowest BCUT2D eigenvalue weighted by Crippen LogP contribution is -2.49. The monoisotopic (exact) mass is 518 g/mol. The summed E-state index contributed by atoms with van der Waals surface area (Å²) in [6.45, 7) is 9.24. The van der Waals surface area contributed by atoms with Gasteiger partial charge in [-0.2, -0.15) is 0 Å². The van der Waals surface area contributed by atoms with Crippen molar-refractivity contribution in [1.29, 1.82) is 0 Å². The number of hydrogen-bond acceptors (Lipinski definition) is 8. The number of carbonyl (C=O) groups is 1. The third-order valence-electron chi connectivity index (χ3n) is 6.26. The molecule has 0 unspecified atom stereocenters. The predicted octanol–water partition coefficient (Wildman–Crippen LogP) is 4.53. The highest BCUT2D eigenvalue weighted by Gasteiger charge is 2.26. The van der Waals surface area contributed by atoms with Crippen molar-refractivity contribution < 1.29 is 13.9 Å². The molecule has 0 radical (unpaired) electrons. The molecule has 192 valence electrons. The van der Waals surface area contributed by atoms with Crippen LogP contribution in [-0.2, 0) is 5.75 Å². The summed E-state index contributed by atoms with van der Waals surface area (Å²) in [6.07, 6.45) is 1.45. The van der Waals surface area contributed by atoms with Crippen LogP contribution in [0.15, 0.2) is 64.4 Å². The van der Waals surface area contributed by atoms with Crippen molar-refractivity contribution in [1.82, 2.24) is 24.6 Å². The average molecular weight is 519 g/mol. The maximum atomic E-state index is 13.1. The Balaban J connectivity index is 1.19. The average Bonchev–Trinajstić information content (AvgIpc) is 3.55. The Hall–Kier alpha value is -3.79. The Labute approximate surface area is 220 Å². The second-order valence-electron chi connectivity index (χ2n) is 8.80. The molecule has 0 N–H and O–H groups in total. The summed E-state index contributed by atoms with van der Waals surface area (Å²) in [4.78, 5) is 21.6. The van der Waals surface area contributed by atoms with Crippen LogP contribution in [0.2, 0.25) is 0 Å².